The molecule has 0 aliphatic carbocycles. The first-order valence-electron chi connectivity index (χ1n) is 8.65. The highest BCUT2D eigenvalue weighted by Gasteiger charge is 2.15. The van der Waals surface area contributed by atoms with Gasteiger partial charge in [0.15, 0.2) is 17.3 Å². The molecule has 0 aliphatic rings. The Labute approximate surface area is 149 Å². The monoisotopic (exact) mass is 345 g/mol. The van der Waals surface area contributed by atoms with Gasteiger partial charge in [0, 0.05) is 6.04 Å². The summed E-state index contributed by atoms with van der Waals surface area (Å²) < 4.78 is 16.5. The van der Waals surface area contributed by atoms with Crippen LogP contribution in [0.15, 0.2) is 40.8 Å². The van der Waals surface area contributed by atoms with E-state index in [-0.39, 0.29) is 18.6 Å². The second-order valence-corrected chi connectivity index (χ2v) is 6.55. The number of methoxy groups -OCH3 is 1. The Morgan fingerprint density at radius 1 is 1.08 bits per heavy atom. The third-order valence-corrected chi connectivity index (χ3v) is 3.88. The molecule has 0 spiro atoms. The summed E-state index contributed by atoms with van der Waals surface area (Å²) >= 11 is 0. The molecule has 1 amide bonds. The van der Waals surface area contributed by atoms with E-state index in [9.17, 15) is 4.79 Å². The fourth-order valence-electron chi connectivity index (χ4n) is 2.41. The molecule has 0 saturated carbocycles. The Morgan fingerprint density at radius 2 is 1.80 bits per heavy atom. The van der Waals surface area contributed by atoms with Gasteiger partial charge in [-0.05, 0) is 49.9 Å². The summed E-state index contributed by atoms with van der Waals surface area (Å²) in [4.78, 5) is 12.2. The largest absolute Gasteiger partial charge is 0.493 e. The summed E-state index contributed by atoms with van der Waals surface area (Å²) in [7, 11) is 1.60. The molecule has 1 N–H and O–H groups in total. The van der Waals surface area contributed by atoms with Gasteiger partial charge < -0.3 is 19.2 Å². The molecular weight excluding hydrogens is 318 g/mol. The van der Waals surface area contributed by atoms with E-state index in [1.807, 2.05) is 31.2 Å². The van der Waals surface area contributed by atoms with Gasteiger partial charge in [0.1, 0.15) is 12.4 Å². The SMILES string of the molecule is COc1ccccc1OCc1ccc(C(=O)N[C@@H](C)CCC(C)C)o1. The smallest absolute Gasteiger partial charge is 0.287 e. The van der Waals surface area contributed by atoms with E-state index >= 15 is 0 Å². The summed E-state index contributed by atoms with van der Waals surface area (Å²) in [5, 5.41) is 2.96. The highest BCUT2D eigenvalue weighted by atomic mass is 16.5. The summed E-state index contributed by atoms with van der Waals surface area (Å²) in [6.45, 7) is 6.59. The maximum atomic E-state index is 12.2. The van der Waals surface area contributed by atoms with Crippen LogP contribution in [0.5, 0.6) is 11.5 Å². The van der Waals surface area contributed by atoms with Crippen molar-refractivity contribution in [2.24, 2.45) is 5.92 Å². The number of ether oxygens (including phenoxy) is 2. The molecule has 136 valence electrons. The molecule has 0 bridgehead atoms. The van der Waals surface area contributed by atoms with E-state index in [1.165, 1.54) is 0 Å². The van der Waals surface area contributed by atoms with Crippen LogP contribution in [0, 0.1) is 5.92 Å². The number of para-hydroxylation sites is 2. The van der Waals surface area contributed by atoms with Gasteiger partial charge in [0.25, 0.3) is 5.91 Å². The first kappa shape index (κ1) is 18.9. The van der Waals surface area contributed by atoms with Crippen molar-refractivity contribution in [3.63, 3.8) is 0 Å². The lowest BCUT2D eigenvalue weighted by Crippen LogP contribution is -2.32. The molecule has 2 rings (SSSR count). The number of hydrogen-bond acceptors (Lipinski definition) is 4. The zero-order valence-electron chi connectivity index (χ0n) is 15.4. The highest BCUT2D eigenvalue weighted by molar-refractivity contribution is 5.91. The van der Waals surface area contributed by atoms with Crippen molar-refractivity contribution in [3.05, 3.63) is 47.9 Å². The lowest BCUT2D eigenvalue weighted by molar-refractivity contribution is 0.0905. The minimum absolute atomic E-state index is 0.119. The van der Waals surface area contributed by atoms with E-state index in [1.54, 1.807) is 19.2 Å². The molecule has 25 heavy (non-hydrogen) atoms. The number of benzene rings is 1. The zero-order chi connectivity index (χ0) is 18.2. The Morgan fingerprint density at radius 3 is 2.48 bits per heavy atom. The van der Waals surface area contributed by atoms with Crippen molar-refractivity contribution in [3.8, 4) is 11.5 Å². The average molecular weight is 345 g/mol. The van der Waals surface area contributed by atoms with Crippen molar-refractivity contribution in [1.29, 1.82) is 0 Å². The van der Waals surface area contributed by atoms with Crippen LogP contribution < -0.4 is 14.8 Å². The first-order valence-corrected chi connectivity index (χ1v) is 8.65. The molecule has 0 radical (unpaired) electrons. The second kappa shape index (κ2) is 9.16. The summed E-state index contributed by atoms with van der Waals surface area (Å²) in [5.41, 5.74) is 0. The van der Waals surface area contributed by atoms with Crippen LogP contribution in [0.4, 0.5) is 0 Å². The van der Waals surface area contributed by atoms with Crippen LogP contribution in [0.25, 0.3) is 0 Å². The number of rotatable bonds is 9. The number of hydrogen-bond donors (Lipinski definition) is 1. The van der Waals surface area contributed by atoms with E-state index in [2.05, 4.69) is 19.2 Å². The molecule has 2 aromatic rings. The summed E-state index contributed by atoms with van der Waals surface area (Å²) in [6.07, 6.45) is 2.03. The third-order valence-electron chi connectivity index (χ3n) is 3.88. The number of carbonyl (C=O) groups is 1. The van der Waals surface area contributed by atoms with Gasteiger partial charge in [0.2, 0.25) is 0 Å². The quantitative estimate of drug-likeness (QED) is 0.731. The predicted octanol–water partition coefficient (Wildman–Crippen LogP) is 4.42. The molecule has 5 nitrogen and oxygen atoms in total. The normalized spacial score (nSPS) is 12.0. The lowest BCUT2D eigenvalue weighted by atomic mass is 10.0. The average Bonchev–Trinajstić information content (AvgIpc) is 3.07. The maximum absolute atomic E-state index is 12.2. The summed E-state index contributed by atoms with van der Waals surface area (Å²) in [5.74, 6) is 2.61. The Bertz CT molecular complexity index is 678. The second-order valence-electron chi connectivity index (χ2n) is 6.55. The molecule has 0 fully saturated rings. The van der Waals surface area contributed by atoms with Crippen LogP contribution >= 0.6 is 0 Å². The van der Waals surface area contributed by atoms with Crippen molar-refractivity contribution in [2.75, 3.05) is 7.11 Å². The minimum atomic E-state index is -0.195. The number of nitrogens with one attached hydrogen (secondary N) is 1. The van der Waals surface area contributed by atoms with Gasteiger partial charge >= 0.3 is 0 Å². The molecule has 5 heteroatoms. The van der Waals surface area contributed by atoms with E-state index in [4.69, 9.17) is 13.9 Å². The number of furan rings is 1. The Balaban J connectivity index is 1.88. The van der Waals surface area contributed by atoms with Crippen molar-refractivity contribution < 1.29 is 18.7 Å². The Kier molecular flexibility index (Phi) is 6.92. The molecular formula is C20H27NO4. The maximum Gasteiger partial charge on any atom is 0.287 e. The van der Waals surface area contributed by atoms with Gasteiger partial charge in [-0.1, -0.05) is 26.0 Å². The molecule has 1 atom stereocenters. The topological polar surface area (TPSA) is 60.7 Å². The predicted molar refractivity (Wildman–Crippen MR) is 97.0 cm³/mol. The van der Waals surface area contributed by atoms with Gasteiger partial charge in [0.05, 0.1) is 7.11 Å². The fraction of sp³-hybridized carbons (Fsp3) is 0.450. The van der Waals surface area contributed by atoms with Gasteiger partial charge in [-0.15, -0.1) is 0 Å². The van der Waals surface area contributed by atoms with Gasteiger partial charge in [-0.3, -0.25) is 4.79 Å². The zero-order valence-corrected chi connectivity index (χ0v) is 15.4. The first-order chi connectivity index (χ1) is 12.0. The molecule has 1 aromatic heterocycles. The lowest BCUT2D eigenvalue weighted by Gasteiger charge is -2.14. The van der Waals surface area contributed by atoms with Crippen molar-refractivity contribution in [1.82, 2.24) is 5.32 Å². The number of amides is 1. The molecule has 1 heterocycles. The van der Waals surface area contributed by atoms with E-state index in [0.29, 0.717) is 28.9 Å². The fourth-order valence-corrected chi connectivity index (χ4v) is 2.41. The van der Waals surface area contributed by atoms with Crippen molar-refractivity contribution in [2.45, 2.75) is 46.3 Å². The van der Waals surface area contributed by atoms with Gasteiger partial charge in [-0.2, -0.15) is 0 Å². The number of carbonyl (C=O) groups excluding carboxylic acids is 1. The van der Waals surface area contributed by atoms with Crippen LogP contribution in [0.3, 0.4) is 0 Å². The van der Waals surface area contributed by atoms with Gasteiger partial charge in [-0.25, -0.2) is 0 Å². The minimum Gasteiger partial charge on any atom is -0.493 e. The highest BCUT2D eigenvalue weighted by Crippen LogP contribution is 2.26. The Hall–Kier alpha value is -2.43. The standard InChI is InChI=1S/C20H27NO4/c1-14(2)9-10-15(3)21-20(22)19-12-11-16(25-19)13-24-18-8-6-5-7-17(18)23-4/h5-8,11-12,14-15H,9-10,13H2,1-4H3,(H,21,22)/t15-/m0/s1. The molecule has 0 saturated heterocycles. The van der Waals surface area contributed by atoms with Crippen LogP contribution in [-0.4, -0.2) is 19.1 Å². The van der Waals surface area contributed by atoms with E-state index in [0.717, 1.165) is 12.8 Å². The van der Waals surface area contributed by atoms with Crippen LogP contribution in [0.1, 0.15) is 49.9 Å². The molecule has 0 unspecified atom stereocenters. The van der Waals surface area contributed by atoms with Crippen molar-refractivity contribution >= 4 is 5.91 Å². The molecule has 0 aliphatic heterocycles. The van der Waals surface area contributed by atoms with E-state index < -0.39 is 0 Å². The van der Waals surface area contributed by atoms with Crippen LogP contribution in [0.2, 0.25) is 0 Å². The van der Waals surface area contributed by atoms with Crippen LogP contribution in [-0.2, 0) is 6.61 Å². The third kappa shape index (κ3) is 5.85. The summed E-state index contributed by atoms with van der Waals surface area (Å²) in [6, 6.07) is 10.9. The molecule has 1 aromatic carbocycles.